The highest BCUT2D eigenvalue weighted by Gasteiger charge is 2.48. The number of carbonyl (C=O) groups is 3. The zero-order chi connectivity index (χ0) is 24.4. The third-order valence-electron chi connectivity index (χ3n) is 7.10. The molecule has 10 heteroatoms. The number of aromatic nitrogens is 2. The van der Waals surface area contributed by atoms with Crippen LogP contribution in [0.2, 0.25) is 0 Å². The maximum atomic E-state index is 13.3. The van der Waals surface area contributed by atoms with Crippen LogP contribution in [0.3, 0.4) is 0 Å². The van der Waals surface area contributed by atoms with Crippen molar-refractivity contribution in [3.8, 4) is 0 Å². The van der Waals surface area contributed by atoms with Crippen LogP contribution in [-0.4, -0.2) is 74.9 Å². The summed E-state index contributed by atoms with van der Waals surface area (Å²) in [7, 11) is 0. The smallest absolute Gasteiger partial charge is 0.305 e. The minimum atomic E-state index is -1.02. The molecule has 5 rings (SSSR count). The van der Waals surface area contributed by atoms with Crippen molar-refractivity contribution in [1.29, 1.82) is 0 Å². The zero-order valence-electron chi connectivity index (χ0n) is 19.5. The topological polar surface area (TPSA) is 128 Å². The van der Waals surface area contributed by atoms with Gasteiger partial charge in [-0.25, -0.2) is 4.98 Å². The van der Waals surface area contributed by atoms with Crippen molar-refractivity contribution < 1.29 is 19.5 Å². The van der Waals surface area contributed by atoms with Crippen molar-refractivity contribution >= 4 is 23.6 Å². The second-order valence-electron chi connectivity index (χ2n) is 9.53. The summed E-state index contributed by atoms with van der Waals surface area (Å²) in [4.78, 5) is 49.9. The number of likely N-dealkylation sites (tertiary alicyclic amines) is 2. The number of pyridine rings is 2. The van der Waals surface area contributed by atoms with Gasteiger partial charge >= 0.3 is 5.97 Å². The Labute approximate surface area is 203 Å². The molecule has 0 bridgehead atoms. The van der Waals surface area contributed by atoms with Crippen LogP contribution in [-0.2, 0) is 27.3 Å². The van der Waals surface area contributed by atoms with Crippen LogP contribution >= 0.6 is 0 Å². The van der Waals surface area contributed by atoms with Gasteiger partial charge in [0.05, 0.1) is 30.7 Å². The first kappa shape index (κ1) is 23.2. The van der Waals surface area contributed by atoms with Gasteiger partial charge in [-0.15, -0.1) is 0 Å². The van der Waals surface area contributed by atoms with E-state index in [0.29, 0.717) is 18.7 Å². The second kappa shape index (κ2) is 9.99. The maximum Gasteiger partial charge on any atom is 0.305 e. The molecule has 0 saturated carbocycles. The number of carboxylic acids is 1. The highest BCUT2D eigenvalue weighted by molar-refractivity contribution is 5.90. The van der Waals surface area contributed by atoms with Crippen LogP contribution in [0.5, 0.6) is 0 Å². The zero-order valence-corrected chi connectivity index (χ0v) is 19.5. The number of amides is 2. The van der Waals surface area contributed by atoms with Crippen LogP contribution in [0, 0.1) is 5.92 Å². The number of fused-ring (bicyclic) bond motifs is 2. The van der Waals surface area contributed by atoms with E-state index in [1.54, 1.807) is 29.4 Å². The van der Waals surface area contributed by atoms with Crippen molar-refractivity contribution in [2.75, 3.05) is 31.5 Å². The molecule has 0 spiro atoms. The molecule has 2 aromatic rings. The summed E-state index contributed by atoms with van der Waals surface area (Å²) < 4.78 is 0. The van der Waals surface area contributed by atoms with Gasteiger partial charge < -0.3 is 20.6 Å². The fourth-order valence-electron chi connectivity index (χ4n) is 5.44. The second-order valence-corrected chi connectivity index (χ2v) is 9.53. The Morgan fingerprint density at radius 3 is 2.97 bits per heavy atom. The molecule has 0 unspecified atom stereocenters. The van der Waals surface area contributed by atoms with Gasteiger partial charge in [-0.3, -0.25) is 24.3 Å². The molecule has 35 heavy (non-hydrogen) atoms. The lowest BCUT2D eigenvalue weighted by Gasteiger charge is -2.25. The van der Waals surface area contributed by atoms with E-state index < -0.39 is 12.0 Å². The molecule has 2 fully saturated rings. The summed E-state index contributed by atoms with van der Waals surface area (Å²) in [5.41, 5.74) is 2.79. The van der Waals surface area contributed by atoms with E-state index >= 15 is 0 Å². The minimum Gasteiger partial charge on any atom is -0.481 e. The number of anilines is 1. The number of hydrogen-bond acceptors (Lipinski definition) is 7. The van der Waals surface area contributed by atoms with Crippen molar-refractivity contribution in [2.24, 2.45) is 5.92 Å². The van der Waals surface area contributed by atoms with Gasteiger partial charge in [0.15, 0.2) is 0 Å². The number of aryl methyl sites for hydroxylation is 1. The number of carboxylic acid groups (broad SMARTS) is 1. The summed E-state index contributed by atoms with van der Waals surface area (Å²) in [5, 5.41) is 15.4. The Kier molecular flexibility index (Phi) is 6.63. The molecule has 2 aromatic heterocycles. The van der Waals surface area contributed by atoms with Crippen molar-refractivity contribution in [1.82, 2.24) is 25.1 Å². The summed E-state index contributed by atoms with van der Waals surface area (Å²) in [5.74, 6) is -0.311. The average Bonchev–Trinajstić information content (AvgIpc) is 3.38. The number of aliphatic carboxylic acids is 1. The number of carbonyl (C=O) groups excluding carboxylic acids is 2. The molecule has 0 aliphatic carbocycles. The number of hydrogen-bond donors (Lipinski definition) is 3. The molecule has 0 radical (unpaired) electrons. The first-order valence-electron chi connectivity index (χ1n) is 12.1. The first-order chi connectivity index (χ1) is 17.0. The molecule has 10 nitrogen and oxygen atoms in total. The third-order valence-corrected chi connectivity index (χ3v) is 7.10. The fraction of sp³-hybridized carbons (Fsp3) is 0.480. The fourth-order valence-corrected chi connectivity index (χ4v) is 5.44. The number of nitrogens with zero attached hydrogens (tertiary/aromatic N) is 4. The quantitative estimate of drug-likeness (QED) is 0.517. The largest absolute Gasteiger partial charge is 0.481 e. The monoisotopic (exact) mass is 478 g/mol. The molecule has 3 aliphatic rings. The van der Waals surface area contributed by atoms with Gasteiger partial charge in [-0.1, -0.05) is 12.1 Å². The molecular weight excluding hydrogens is 448 g/mol. The van der Waals surface area contributed by atoms with Crippen LogP contribution in [0.15, 0.2) is 36.7 Å². The van der Waals surface area contributed by atoms with Crippen LogP contribution in [0.25, 0.3) is 0 Å². The number of nitrogens with one attached hydrogen (secondary N) is 2. The SMILES string of the molecule is O=C(O)C[C@H](NC(=O)CN1C[C@H]2CCN(Cc3ccc4c(n3)NCCC4)[C@H]2C1=O)c1cccnc1. The Bertz CT molecular complexity index is 1110. The number of rotatable bonds is 8. The lowest BCUT2D eigenvalue weighted by molar-refractivity contribution is -0.139. The molecule has 3 N–H and O–H groups in total. The van der Waals surface area contributed by atoms with Gasteiger partial charge in [0.2, 0.25) is 11.8 Å². The Morgan fingerprint density at radius 1 is 1.29 bits per heavy atom. The summed E-state index contributed by atoms with van der Waals surface area (Å²) in [6.45, 7) is 2.81. The summed E-state index contributed by atoms with van der Waals surface area (Å²) in [6, 6.07) is 6.65. The highest BCUT2D eigenvalue weighted by Crippen LogP contribution is 2.33. The van der Waals surface area contributed by atoms with Crippen LogP contribution in [0.1, 0.15) is 42.1 Å². The van der Waals surface area contributed by atoms with Gasteiger partial charge in [0.25, 0.3) is 0 Å². The van der Waals surface area contributed by atoms with E-state index in [2.05, 4.69) is 26.6 Å². The van der Waals surface area contributed by atoms with Gasteiger partial charge in [-0.2, -0.15) is 0 Å². The van der Waals surface area contributed by atoms with Crippen LogP contribution in [0.4, 0.5) is 5.82 Å². The van der Waals surface area contributed by atoms with Crippen molar-refractivity contribution in [3.63, 3.8) is 0 Å². The molecule has 2 amide bonds. The molecule has 3 aliphatic heterocycles. The van der Waals surface area contributed by atoms with Gasteiger partial charge in [0.1, 0.15) is 5.82 Å². The molecule has 0 aromatic carbocycles. The lowest BCUT2D eigenvalue weighted by Crippen LogP contribution is -2.44. The van der Waals surface area contributed by atoms with Crippen molar-refractivity contribution in [3.05, 3.63) is 53.5 Å². The standard InChI is InChI=1S/C25H30N6O4/c32-21(29-20(11-22(33)34)17-4-1-8-26-12-17)15-31-13-18-7-10-30(23(18)25(31)35)14-19-6-5-16-3-2-9-27-24(16)28-19/h1,4-6,8,12,18,20,23H,2-3,7,9-11,13-15H2,(H,27,28)(H,29,32)(H,33,34)/t18-,20+,23-/m1/s1. The summed E-state index contributed by atoms with van der Waals surface area (Å²) in [6.07, 6.45) is 5.92. The minimum absolute atomic E-state index is 0.0464. The van der Waals surface area contributed by atoms with E-state index in [1.807, 2.05) is 6.07 Å². The molecular formula is C25H30N6O4. The first-order valence-corrected chi connectivity index (χ1v) is 12.1. The lowest BCUT2D eigenvalue weighted by atomic mass is 10.0. The maximum absolute atomic E-state index is 13.3. The predicted octanol–water partition coefficient (Wildman–Crippen LogP) is 1.20. The van der Waals surface area contributed by atoms with E-state index in [0.717, 1.165) is 43.9 Å². The van der Waals surface area contributed by atoms with E-state index in [1.165, 1.54) is 5.56 Å². The molecule has 2 saturated heterocycles. The molecule has 3 atom stereocenters. The Hall–Kier alpha value is -3.53. The molecule has 5 heterocycles. The normalized spacial score (nSPS) is 22.3. The van der Waals surface area contributed by atoms with E-state index in [-0.39, 0.29) is 36.7 Å². The third kappa shape index (κ3) is 5.12. The predicted molar refractivity (Wildman–Crippen MR) is 127 cm³/mol. The van der Waals surface area contributed by atoms with E-state index in [4.69, 9.17) is 4.98 Å². The summed E-state index contributed by atoms with van der Waals surface area (Å²) >= 11 is 0. The van der Waals surface area contributed by atoms with Gasteiger partial charge in [-0.05, 0) is 49.1 Å². The Morgan fingerprint density at radius 2 is 2.17 bits per heavy atom. The highest BCUT2D eigenvalue weighted by atomic mass is 16.4. The van der Waals surface area contributed by atoms with Crippen LogP contribution < -0.4 is 10.6 Å². The average molecular weight is 479 g/mol. The molecule has 184 valence electrons. The Balaban J connectivity index is 1.21. The van der Waals surface area contributed by atoms with Crippen molar-refractivity contribution in [2.45, 2.75) is 44.3 Å². The van der Waals surface area contributed by atoms with Gasteiger partial charge in [0, 0.05) is 37.9 Å². The van der Waals surface area contributed by atoms with E-state index in [9.17, 15) is 19.5 Å².